The molecule has 0 bridgehead atoms. The summed E-state index contributed by atoms with van der Waals surface area (Å²) < 4.78 is 0. The first-order chi connectivity index (χ1) is 12.1. The van der Waals surface area contributed by atoms with E-state index in [4.69, 9.17) is 5.11 Å². The number of carboxylic acid groups (broad SMARTS) is 1. The second kappa shape index (κ2) is 6.47. The Morgan fingerprint density at radius 2 is 2.08 bits per heavy atom. The Morgan fingerprint density at radius 1 is 1.24 bits per heavy atom. The highest BCUT2D eigenvalue weighted by Gasteiger charge is 2.60. The van der Waals surface area contributed by atoms with E-state index >= 15 is 0 Å². The van der Waals surface area contributed by atoms with Crippen molar-refractivity contribution in [2.45, 2.75) is 56.8 Å². The molecule has 2 aliphatic carbocycles. The van der Waals surface area contributed by atoms with Crippen LogP contribution in [0.25, 0.3) is 0 Å². The first-order valence-corrected chi connectivity index (χ1v) is 9.69. The van der Waals surface area contributed by atoms with E-state index < -0.39 is 5.97 Å². The molecule has 4 nitrogen and oxygen atoms in total. The minimum Gasteiger partial charge on any atom is -0.481 e. The van der Waals surface area contributed by atoms with Crippen LogP contribution in [-0.2, 0) is 21.4 Å². The molecule has 2 fully saturated rings. The Morgan fingerprint density at radius 3 is 2.92 bits per heavy atom. The summed E-state index contributed by atoms with van der Waals surface area (Å²) in [4.78, 5) is 26.0. The molecule has 1 aromatic carbocycles. The largest absolute Gasteiger partial charge is 0.481 e. The van der Waals surface area contributed by atoms with Crippen molar-refractivity contribution in [3.05, 3.63) is 35.4 Å². The monoisotopic (exact) mass is 341 g/mol. The molecule has 0 aromatic heterocycles. The summed E-state index contributed by atoms with van der Waals surface area (Å²) in [5, 5.41) is 8.90. The molecular weight excluding hydrogens is 314 g/mol. The van der Waals surface area contributed by atoms with E-state index in [0.717, 1.165) is 45.2 Å². The van der Waals surface area contributed by atoms with E-state index in [0.29, 0.717) is 18.2 Å². The van der Waals surface area contributed by atoms with Crippen LogP contribution in [0.1, 0.15) is 56.1 Å². The summed E-state index contributed by atoms with van der Waals surface area (Å²) in [7, 11) is 0. The molecule has 1 aliphatic heterocycles. The summed E-state index contributed by atoms with van der Waals surface area (Å²) in [6, 6.07) is 8.66. The Bertz CT molecular complexity index is 685. The van der Waals surface area contributed by atoms with Crippen LogP contribution in [0.2, 0.25) is 0 Å². The molecule has 1 saturated heterocycles. The van der Waals surface area contributed by atoms with Gasteiger partial charge >= 0.3 is 5.97 Å². The summed E-state index contributed by atoms with van der Waals surface area (Å²) in [6.45, 7) is 1.59. The number of carbonyl (C=O) groups is 2. The molecule has 1 amide bonds. The lowest BCUT2D eigenvalue weighted by atomic mass is 9.78. The maximum absolute atomic E-state index is 13.1. The van der Waals surface area contributed by atoms with Crippen LogP contribution in [0, 0.1) is 11.8 Å². The third kappa shape index (κ3) is 3.07. The van der Waals surface area contributed by atoms with E-state index in [2.05, 4.69) is 24.3 Å². The number of rotatable bonds is 4. The number of hydrogen-bond acceptors (Lipinski definition) is 2. The highest BCUT2D eigenvalue weighted by Crippen LogP contribution is 2.61. The van der Waals surface area contributed by atoms with Gasteiger partial charge in [-0.3, -0.25) is 9.59 Å². The Hall–Kier alpha value is -1.84. The topological polar surface area (TPSA) is 57.6 Å². The fraction of sp³-hybridized carbons (Fsp3) is 0.619. The summed E-state index contributed by atoms with van der Waals surface area (Å²) >= 11 is 0. The van der Waals surface area contributed by atoms with Gasteiger partial charge < -0.3 is 10.0 Å². The summed E-state index contributed by atoms with van der Waals surface area (Å²) in [5.41, 5.74) is 2.95. The Balaban J connectivity index is 1.44. The summed E-state index contributed by atoms with van der Waals surface area (Å²) in [6.07, 6.45) is 7.42. The number of carbonyl (C=O) groups excluding carboxylic acids is 1. The van der Waals surface area contributed by atoms with Crippen molar-refractivity contribution in [2.75, 3.05) is 13.1 Å². The lowest BCUT2D eigenvalue weighted by molar-refractivity contribution is -0.137. The zero-order chi connectivity index (χ0) is 17.4. The molecule has 1 N–H and O–H groups in total. The number of amides is 1. The normalized spacial score (nSPS) is 30.8. The van der Waals surface area contributed by atoms with Crippen molar-refractivity contribution in [1.29, 1.82) is 0 Å². The second-order valence-corrected chi connectivity index (χ2v) is 8.15. The molecule has 25 heavy (non-hydrogen) atoms. The fourth-order valence-electron chi connectivity index (χ4n) is 5.20. The van der Waals surface area contributed by atoms with Gasteiger partial charge in [0.15, 0.2) is 0 Å². The van der Waals surface area contributed by atoms with E-state index in [1.807, 2.05) is 4.90 Å². The van der Waals surface area contributed by atoms with Crippen molar-refractivity contribution in [3.63, 3.8) is 0 Å². The van der Waals surface area contributed by atoms with Crippen LogP contribution in [0.5, 0.6) is 0 Å². The van der Waals surface area contributed by atoms with Crippen LogP contribution in [0.15, 0.2) is 24.3 Å². The third-order valence-electron chi connectivity index (χ3n) is 6.59. The SMILES string of the molecule is O=C(O)CCC1CCCN(C(=O)C2CC23CCCc2ccccc23)C1. The Labute approximate surface area is 149 Å². The smallest absolute Gasteiger partial charge is 0.303 e. The first kappa shape index (κ1) is 16.6. The number of benzene rings is 1. The van der Waals surface area contributed by atoms with Crippen LogP contribution < -0.4 is 0 Å². The Kier molecular flexibility index (Phi) is 4.30. The molecule has 4 rings (SSSR count). The maximum Gasteiger partial charge on any atom is 0.303 e. The summed E-state index contributed by atoms with van der Waals surface area (Å²) in [5.74, 6) is 0.0782. The molecule has 3 unspecified atom stereocenters. The zero-order valence-corrected chi connectivity index (χ0v) is 14.7. The zero-order valence-electron chi connectivity index (χ0n) is 14.7. The van der Waals surface area contributed by atoms with Gasteiger partial charge in [0.25, 0.3) is 0 Å². The molecule has 1 heterocycles. The van der Waals surface area contributed by atoms with E-state index in [-0.39, 0.29) is 17.8 Å². The van der Waals surface area contributed by atoms with Crippen LogP contribution >= 0.6 is 0 Å². The van der Waals surface area contributed by atoms with Gasteiger partial charge in [-0.25, -0.2) is 0 Å². The first-order valence-electron chi connectivity index (χ1n) is 9.69. The molecular formula is C21H27NO3. The van der Waals surface area contributed by atoms with Gasteiger partial charge in [-0.15, -0.1) is 0 Å². The van der Waals surface area contributed by atoms with Crippen molar-refractivity contribution in [3.8, 4) is 0 Å². The standard InChI is InChI=1S/C21H27NO3/c23-19(24)10-9-15-5-4-12-22(14-15)20(25)18-13-21(18)11-3-7-16-6-1-2-8-17(16)21/h1-2,6,8,15,18H,3-5,7,9-14H2,(H,23,24). The quantitative estimate of drug-likeness (QED) is 0.913. The second-order valence-electron chi connectivity index (χ2n) is 8.15. The number of aliphatic carboxylic acids is 1. The van der Waals surface area contributed by atoms with Crippen LogP contribution in [0.3, 0.4) is 0 Å². The van der Waals surface area contributed by atoms with E-state index in [1.165, 1.54) is 17.5 Å². The number of fused-ring (bicyclic) bond motifs is 2. The van der Waals surface area contributed by atoms with Crippen LogP contribution in [0.4, 0.5) is 0 Å². The number of piperidine rings is 1. The number of likely N-dealkylation sites (tertiary alicyclic amines) is 1. The minimum atomic E-state index is -0.733. The lowest BCUT2D eigenvalue weighted by Crippen LogP contribution is -2.42. The highest BCUT2D eigenvalue weighted by molar-refractivity contribution is 5.85. The predicted molar refractivity (Wildman–Crippen MR) is 95.3 cm³/mol. The highest BCUT2D eigenvalue weighted by atomic mass is 16.4. The minimum absolute atomic E-state index is 0.0972. The third-order valence-corrected chi connectivity index (χ3v) is 6.59. The van der Waals surface area contributed by atoms with Gasteiger partial charge in [0, 0.05) is 30.8 Å². The van der Waals surface area contributed by atoms with Crippen molar-refractivity contribution in [2.24, 2.45) is 11.8 Å². The van der Waals surface area contributed by atoms with E-state index in [9.17, 15) is 9.59 Å². The van der Waals surface area contributed by atoms with Gasteiger partial charge in [0.1, 0.15) is 0 Å². The van der Waals surface area contributed by atoms with Crippen molar-refractivity contribution >= 4 is 11.9 Å². The average Bonchev–Trinajstić information content (AvgIpc) is 3.34. The number of hydrogen-bond donors (Lipinski definition) is 1. The number of carboxylic acids is 1. The predicted octanol–water partition coefficient (Wildman–Crippen LogP) is 3.38. The molecule has 134 valence electrons. The molecule has 3 atom stereocenters. The van der Waals surface area contributed by atoms with Gasteiger partial charge in [0.05, 0.1) is 0 Å². The van der Waals surface area contributed by atoms with Gasteiger partial charge in [-0.1, -0.05) is 24.3 Å². The van der Waals surface area contributed by atoms with Gasteiger partial charge in [0.2, 0.25) is 5.91 Å². The maximum atomic E-state index is 13.1. The molecule has 1 aromatic rings. The molecule has 3 aliphatic rings. The van der Waals surface area contributed by atoms with Gasteiger partial charge in [-0.05, 0) is 62.0 Å². The van der Waals surface area contributed by atoms with Crippen molar-refractivity contribution < 1.29 is 14.7 Å². The number of nitrogens with zero attached hydrogens (tertiary/aromatic N) is 1. The van der Waals surface area contributed by atoms with Crippen LogP contribution in [-0.4, -0.2) is 35.0 Å². The van der Waals surface area contributed by atoms with Gasteiger partial charge in [-0.2, -0.15) is 0 Å². The molecule has 1 saturated carbocycles. The number of aryl methyl sites for hydroxylation is 1. The van der Waals surface area contributed by atoms with Crippen molar-refractivity contribution in [1.82, 2.24) is 4.90 Å². The molecule has 0 radical (unpaired) electrons. The average molecular weight is 341 g/mol. The fourth-order valence-corrected chi connectivity index (χ4v) is 5.20. The molecule has 4 heteroatoms. The molecule has 1 spiro atoms. The lowest BCUT2D eigenvalue weighted by Gasteiger charge is -2.34. The van der Waals surface area contributed by atoms with E-state index in [1.54, 1.807) is 0 Å².